The molecule has 0 bridgehead atoms. The maximum Gasteiger partial charge on any atom is 0.245 e. The zero-order valence-electron chi connectivity index (χ0n) is 17.8. The Morgan fingerprint density at radius 3 is 2.34 bits per heavy atom. The van der Waals surface area contributed by atoms with E-state index in [9.17, 15) is 4.79 Å². The van der Waals surface area contributed by atoms with Crippen molar-refractivity contribution in [3.05, 3.63) is 118 Å². The lowest BCUT2D eigenvalue weighted by Crippen LogP contribution is -2.30. The van der Waals surface area contributed by atoms with Crippen molar-refractivity contribution in [3.8, 4) is 0 Å². The van der Waals surface area contributed by atoms with E-state index >= 15 is 0 Å². The largest absolute Gasteiger partial charge is 0.453 e. The molecule has 5 heteroatoms. The van der Waals surface area contributed by atoms with Gasteiger partial charge in [-0.3, -0.25) is 9.79 Å². The van der Waals surface area contributed by atoms with Crippen LogP contribution in [0.25, 0.3) is 5.76 Å². The fourth-order valence-electron chi connectivity index (χ4n) is 3.32. The summed E-state index contributed by atoms with van der Waals surface area (Å²) in [7, 11) is 0. The van der Waals surface area contributed by atoms with Gasteiger partial charge in [0.1, 0.15) is 11.5 Å². The molecule has 4 rings (SSSR count). The number of hydrogen-bond donors (Lipinski definition) is 0. The van der Waals surface area contributed by atoms with Crippen LogP contribution in [0.15, 0.2) is 102 Å². The van der Waals surface area contributed by atoms with Gasteiger partial charge in [-0.2, -0.15) is 0 Å². The third kappa shape index (κ3) is 5.16. The van der Waals surface area contributed by atoms with E-state index in [0.29, 0.717) is 33.4 Å². The molecule has 1 aliphatic rings. The van der Waals surface area contributed by atoms with Crippen molar-refractivity contribution in [2.75, 3.05) is 0 Å². The van der Waals surface area contributed by atoms with Crippen LogP contribution in [-0.2, 0) is 9.47 Å². The predicted molar refractivity (Wildman–Crippen MR) is 128 cm³/mol. The molecule has 4 nitrogen and oxygen atoms in total. The van der Waals surface area contributed by atoms with Gasteiger partial charge in [0.2, 0.25) is 5.79 Å². The first-order valence-corrected chi connectivity index (χ1v) is 10.6. The summed E-state index contributed by atoms with van der Waals surface area (Å²) in [4.78, 5) is 17.5. The summed E-state index contributed by atoms with van der Waals surface area (Å²) >= 11 is 6.15. The number of carbonyl (C=O) groups is 1. The summed E-state index contributed by atoms with van der Waals surface area (Å²) in [5, 5.41) is 0.478. The van der Waals surface area contributed by atoms with E-state index in [-0.39, 0.29) is 5.78 Å². The fourth-order valence-corrected chi connectivity index (χ4v) is 3.50. The van der Waals surface area contributed by atoms with E-state index in [1.807, 2.05) is 68.5 Å². The molecule has 0 amide bonds. The zero-order valence-corrected chi connectivity index (χ0v) is 18.5. The van der Waals surface area contributed by atoms with Crippen molar-refractivity contribution in [3.63, 3.8) is 0 Å². The van der Waals surface area contributed by atoms with E-state index in [4.69, 9.17) is 21.1 Å². The number of carbonyl (C=O) groups excluding carboxylic acids is 1. The molecule has 0 aromatic heterocycles. The van der Waals surface area contributed by atoms with Gasteiger partial charge in [-0.15, -0.1) is 0 Å². The van der Waals surface area contributed by atoms with Crippen molar-refractivity contribution < 1.29 is 14.3 Å². The zero-order chi connectivity index (χ0) is 22.6. The number of nitrogens with zero attached hydrogens (tertiary/aromatic N) is 1. The number of rotatable bonds is 5. The summed E-state index contributed by atoms with van der Waals surface area (Å²) in [6.45, 7) is 3.70. The van der Waals surface area contributed by atoms with Crippen LogP contribution in [0.1, 0.15) is 35.3 Å². The Labute approximate surface area is 192 Å². The Kier molecular flexibility index (Phi) is 6.24. The average Bonchev–Trinajstić information content (AvgIpc) is 2.79. The van der Waals surface area contributed by atoms with Crippen molar-refractivity contribution in [1.82, 2.24) is 0 Å². The Bertz CT molecular complexity index is 1210. The first-order chi connectivity index (χ1) is 15.4. The molecule has 0 atom stereocenters. The van der Waals surface area contributed by atoms with Crippen molar-refractivity contribution in [2.24, 2.45) is 4.99 Å². The molecular formula is C27H22ClNO3. The SMILES string of the molecule is CC1(C)OC(=CC=Nc2ccc(Cl)cc2C(=O)c2ccccc2)C=C(c2ccccc2)O1. The first kappa shape index (κ1) is 21.6. The van der Waals surface area contributed by atoms with Crippen LogP contribution in [0, 0.1) is 0 Å². The molecule has 0 aliphatic carbocycles. The van der Waals surface area contributed by atoms with Crippen molar-refractivity contribution >= 4 is 35.0 Å². The molecule has 0 radical (unpaired) electrons. The lowest BCUT2D eigenvalue weighted by Gasteiger charge is -2.33. The third-order valence-electron chi connectivity index (χ3n) is 4.74. The quantitative estimate of drug-likeness (QED) is 0.315. The second-order valence-corrected chi connectivity index (χ2v) is 8.12. The molecule has 3 aromatic rings. The van der Waals surface area contributed by atoms with E-state index < -0.39 is 5.79 Å². The first-order valence-electron chi connectivity index (χ1n) is 10.2. The van der Waals surface area contributed by atoms with Gasteiger partial charge in [-0.05, 0) is 24.3 Å². The van der Waals surface area contributed by atoms with Crippen LogP contribution in [0.5, 0.6) is 0 Å². The molecule has 1 heterocycles. The van der Waals surface area contributed by atoms with Crippen LogP contribution >= 0.6 is 11.6 Å². The molecule has 0 saturated heterocycles. The normalized spacial score (nSPS) is 16.3. The van der Waals surface area contributed by atoms with E-state index in [1.54, 1.807) is 42.6 Å². The Hall–Kier alpha value is -3.63. The summed E-state index contributed by atoms with van der Waals surface area (Å²) in [6.07, 6.45) is 5.18. The molecule has 160 valence electrons. The van der Waals surface area contributed by atoms with Crippen LogP contribution < -0.4 is 0 Å². The monoisotopic (exact) mass is 443 g/mol. The number of halogens is 1. The molecule has 0 spiro atoms. The molecule has 3 aromatic carbocycles. The summed E-state index contributed by atoms with van der Waals surface area (Å²) < 4.78 is 11.9. The molecule has 1 aliphatic heterocycles. The highest BCUT2D eigenvalue weighted by Crippen LogP contribution is 2.32. The average molecular weight is 444 g/mol. The number of ether oxygens (including phenoxy) is 2. The molecule has 0 saturated carbocycles. The van der Waals surface area contributed by atoms with E-state index in [2.05, 4.69) is 4.99 Å². The van der Waals surface area contributed by atoms with Crippen LogP contribution in [-0.4, -0.2) is 17.8 Å². The van der Waals surface area contributed by atoms with Crippen LogP contribution in [0.3, 0.4) is 0 Å². The van der Waals surface area contributed by atoms with Crippen LogP contribution in [0.2, 0.25) is 5.02 Å². The highest BCUT2D eigenvalue weighted by atomic mass is 35.5. The Morgan fingerprint density at radius 1 is 0.938 bits per heavy atom. The predicted octanol–water partition coefficient (Wildman–Crippen LogP) is 6.98. The topological polar surface area (TPSA) is 47.9 Å². The molecule has 0 unspecified atom stereocenters. The maximum absolute atomic E-state index is 13.0. The lowest BCUT2D eigenvalue weighted by atomic mass is 10.0. The minimum Gasteiger partial charge on any atom is -0.453 e. The smallest absolute Gasteiger partial charge is 0.245 e. The van der Waals surface area contributed by atoms with Gasteiger partial charge in [0, 0.05) is 47.9 Å². The second kappa shape index (κ2) is 9.25. The number of hydrogen-bond acceptors (Lipinski definition) is 4. The Morgan fingerprint density at radius 2 is 1.62 bits per heavy atom. The Balaban J connectivity index is 1.64. The summed E-state index contributed by atoms with van der Waals surface area (Å²) in [5.41, 5.74) is 2.50. The molecule has 0 fully saturated rings. The van der Waals surface area contributed by atoms with E-state index in [1.165, 1.54) is 0 Å². The van der Waals surface area contributed by atoms with Crippen molar-refractivity contribution in [2.45, 2.75) is 19.6 Å². The lowest BCUT2D eigenvalue weighted by molar-refractivity contribution is -0.149. The second-order valence-electron chi connectivity index (χ2n) is 7.68. The highest BCUT2D eigenvalue weighted by molar-refractivity contribution is 6.31. The highest BCUT2D eigenvalue weighted by Gasteiger charge is 2.28. The van der Waals surface area contributed by atoms with Gasteiger partial charge in [0.05, 0.1) is 5.69 Å². The fraction of sp³-hybridized carbons (Fsp3) is 0.111. The molecule has 0 N–H and O–H groups in total. The van der Waals surface area contributed by atoms with Gasteiger partial charge in [0.15, 0.2) is 5.78 Å². The number of ketones is 1. The van der Waals surface area contributed by atoms with Gasteiger partial charge < -0.3 is 9.47 Å². The van der Waals surface area contributed by atoms with Crippen LogP contribution in [0.4, 0.5) is 5.69 Å². The van der Waals surface area contributed by atoms with Gasteiger partial charge in [0.25, 0.3) is 0 Å². The number of aliphatic imine (C=N–C) groups is 1. The number of allylic oxidation sites excluding steroid dienone is 2. The molecule has 32 heavy (non-hydrogen) atoms. The molecular weight excluding hydrogens is 422 g/mol. The van der Waals surface area contributed by atoms with E-state index in [0.717, 1.165) is 5.56 Å². The maximum atomic E-state index is 13.0. The van der Waals surface area contributed by atoms with Gasteiger partial charge >= 0.3 is 0 Å². The minimum atomic E-state index is -0.825. The van der Waals surface area contributed by atoms with Gasteiger partial charge in [-0.25, -0.2) is 0 Å². The standard InChI is InChI=1S/C27H22ClNO3/c1-27(2)31-22(18-25(32-27)19-9-5-3-6-10-19)15-16-29-24-14-13-21(28)17-23(24)26(30)20-11-7-4-8-12-20/h3-18H,1-2H3. The summed E-state index contributed by atoms with van der Waals surface area (Å²) in [5.74, 6) is 0.359. The van der Waals surface area contributed by atoms with Crippen molar-refractivity contribution in [1.29, 1.82) is 0 Å². The summed E-state index contributed by atoms with van der Waals surface area (Å²) in [6, 6.07) is 24.0. The minimum absolute atomic E-state index is 0.136. The number of benzene rings is 3. The third-order valence-corrected chi connectivity index (χ3v) is 4.98. The van der Waals surface area contributed by atoms with Gasteiger partial charge in [-0.1, -0.05) is 72.3 Å².